The minimum atomic E-state index is -0.416. The van der Waals surface area contributed by atoms with Gasteiger partial charge >= 0.3 is 4.87 Å². The number of amides is 1. The predicted molar refractivity (Wildman–Crippen MR) is 72.0 cm³/mol. The number of nitrogens with one attached hydrogen (secondary N) is 1. The third-order valence-corrected chi connectivity index (χ3v) is 3.56. The van der Waals surface area contributed by atoms with Gasteiger partial charge in [0.05, 0.1) is 0 Å². The minimum Gasteiger partial charge on any atom is -0.370 e. The molecule has 1 amide bonds. The number of anilines is 1. The van der Waals surface area contributed by atoms with Crippen molar-refractivity contribution in [2.75, 3.05) is 5.73 Å². The second kappa shape index (κ2) is 5.22. The zero-order valence-corrected chi connectivity index (χ0v) is 10.8. The minimum absolute atomic E-state index is 0.0267. The fraction of sp³-hybridized carbons (Fsp3) is 0.400. The van der Waals surface area contributed by atoms with Crippen LogP contribution in [0.4, 0.5) is 5.95 Å². The van der Waals surface area contributed by atoms with Crippen molar-refractivity contribution in [3.05, 3.63) is 20.0 Å². The van der Waals surface area contributed by atoms with Gasteiger partial charge in [0.2, 0.25) is 11.9 Å². The predicted octanol–water partition coefficient (Wildman–Crippen LogP) is -0.616. The Morgan fingerprint density at radius 3 is 2.79 bits per heavy atom. The van der Waals surface area contributed by atoms with E-state index in [0.717, 1.165) is 11.3 Å². The number of H-pyrrole nitrogens is 1. The van der Waals surface area contributed by atoms with Crippen LogP contribution in [0.3, 0.4) is 0 Å². The molecule has 2 aromatic heterocycles. The molecule has 0 aliphatic heterocycles. The lowest BCUT2D eigenvalue weighted by molar-refractivity contribution is -0.118. The zero-order valence-electron chi connectivity index (χ0n) is 10.0. The standard InChI is InChI=1S/C10H13N5O3S/c11-5(16)3-1-2-4-15-7-6(19-10(15)18)8(17)14-9(12)13-7/h1-4H2,(H2,11,16)(H3,12,13,14,17). The molecule has 5 N–H and O–H groups in total. The summed E-state index contributed by atoms with van der Waals surface area (Å²) in [7, 11) is 0. The van der Waals surface area contributed by atoms with Crippen LogP contribution in [0.5, 0.6) is 0 Å². The largest absolute Gasteiger partial charge is 0.370 e. The number of aromatic amines is 1. The lowest BCUT2D eigenvalue weighted by atomic mass is 10.2. The lowest BCUT2D eigenvalue weighted by Crippen LogP contribution is -2.16. The van der Waals surface area contributed by atoms with Gasteiger partial charge in [0.25, 0.3) is 5.56 Å². The molecule has 0 spiro atoms. The molecule has 0 aliphatic carbocycles. The van der Waals surface area contributed by atoms with E-state index in [1.807, 2.05) is 0 Å². The van der Waals surface area contributed by atoms with E-state index >= 15 is 0 Å². The number of carbonyl (C=O) groups excluding carboxylic acids is 1. The van der Waals surface area contributed by atoms with Gasteiger partial charge in [-0.1, -0.05) is 11.3 Å². The smallest absolute Gasteiger partial charge is 0.309 e. The van der Waals surface area contributed by atoms with Crippen molar-refractivity contribution in [1.82, 2.24) is 14.5 Å². The number of unbranched alkanes of at least 4 members (excludes halogenated alkanes) is 1. The van der Waals surface area contributed by atoms with Crippen LogP contribution in [0.25, 0.3) is 10.3 Å². The molecule has 8 nitrogen and oxygen atoms in total. The van der Waals surface area contributed by atoms with Crippen LogP contribution in [0.1, 0.15) is 19.3 Å². The summed E-state index contributed by atoms with van der Waals surface area (Å²) in [4.78, 5) is 40.1. The molecule has 0 aromatic carbocycles. The van der Waals surface area contributed by atoms with Gasteiger partial charge in [0, 0.05) is 13.0 Å². The van der Waals surface area contributed by atoms with Crippen molar-refractivity contribution >= 4 is 33.5 Å². The molecule has 2 rings (SSSR count). The molecule has 102 valence electrons. The number of nitrogens with zero attached hydrogens (tertiary/aromatic N) is 2. The first kappa shape index (κ1) is 13.3. The van der Waals surface area contributed by atoms with Gasteiger partial charge in [0.1, 0.15) is 4.70 Å². The number of primary amides is 1. The Balaban J connectivity index is 2.28. The lowest BCUT2D eigenvalue weighted by Gasteiger charge is -2.02. The average Bonchev–Trinajstić information content (AvgIpc) is 2.62. The molecule has 2 heterocycles. The van der Waals surface area contributed by atoms with E-state index in [-0.39, 0.29) is 33.5 Å². The third-order valence-electron chi connectivity index (χ3n) is 2.60. The maximum atomic E-state index is 11.8. The molecule has 0 atom stereocenters. The highest BCUT2D eigenvalue weighted by Gasteiger charge is 2.12. The highest BCUT2D eigenvalue weighted by atomic mass is 32.1. The van der Waals surface area contributed by atoms with Crippen molar-refractivity contribution < 1.29 is 4.79 Å². The first-order chi connectivity index (χ1) is 8.99. The first-order valence-electron chi connectivity index (χ1n) is 5.66. The molecular weight excluding hydrogens is 270 g/mol. The van der Waals surface area contributed by atoms with Crippen LogP contribution in [-0.4, -0.2) is 20.4 Å². The number of hydrogen-bond donors (Lipinski definition) is 3. The van der Waals surface area contributed by atoms with Crippen molar-refractivity contribution in [3.8, 4) is 0 Å². The normalized spacial score (nSPS) is 10.9. The summed E-state index contributed by atoms with van der Waals surface area (Å²) in [6.07, 6.45) is 1.45. The summed E-state index contributed by atoms with van der Waals surface area (Å²) in [6.45, 7) is 0.377. The van der Waals surface area contributed by atoms with Crippen LogP contribution < -0.4 is 21.9 Å². The van der Waals surface area contributed by atoms with E-state index < -0.39 is 5.56 Å². The average molecular weight is 283 g/mol. The van der Waals surface area contributed by atoms with E-state index in [1.54, 1.807) is 0 Å². The summed E-state index contributed by atoms with van der Waals surface area (Å²) < 4.78 is 1.65. The van der Waals surface area contributed by atoms with Crippen LogP contribution in [0.15, 0.2) is 9.59 Å². The quantitative estimate of drug-likeness (QED) is 0.628. The van der Waals surface area contributed by atoms with Crippen LogP contribution in [-0.2, 0) is 11.3 Å². The molecule has 0 unspecified atom stereocenters. The Hall–Kier alpha value is -2.16. The topological polar surface area (TPSA) is 137 Å². The van der Waals surface area contributed by atoms with Gasteiger partial charge in [-0.15, -0.1) is 0 Å². The van der Waals surface area contributed by atoms with Gasteiger partial charge in [-0.05, 0) is 12.8 Å². The number of fused-ring (bicyclic) bond motifs is 1. The van der Waals surface area contributed by atoms with Crippen LogP contribution >= 0.6 is 11.3 Å². The van der Waals surface area contributed by atoms with Gasteiger partial charge < -0.3 is 11.5 Å². The Morgan fingerprint density at radius 2 is 2.11 bits per heavy atom. The van der Waals surface area contributed by atoms with Gasteiger partial charge in [0.15, 0.2) is 5.65 Å². The number of carbonyl (C=O) groups is 1. The Kier molecular flexibility index (Phi) is 3.65. The van der Waals surface area contributed by atoms with Gasteiger partial charge in [-0.2, -0.15) is 4.98 Å². The van der Waals surface area contributed by atoms with Crippen molar-refractivity contribution in [3.63, 3.8) is 0 Å². The maximum Gasteiger partial charge on any atom is 0.309 e. The molecule has 19 heavy (non-hydrogen) atoms. The number of rotatable bonds is 5. The molecule has 0 aliphatic rings. The molecule has 2 aromatic rings. The third kappa shape index (κ3) is 2.81. The number of thiazole rings is 1. The van der Waals surface area contributed by atoms with E-state index in [0.29, 0.717) is 19.4 Å². The van der Waals surface area contributed by atoms with Crippen molar-refractivity contribution in [2.45, 2.75) is 25.8 Å². The van der Waals surface area contributed by atoms with E-state index in [4.69, 9.17) is 11.5 Å². The monoisotopic (exact) mass is 283 g/mol. The second-order valence-corrected chi connectivity index (χ2v) is 5.01. The van der Waals surface area contributed by atoms with E-state index in [2.05, 4.69) is 9.97 Å². The van der Waals surface area contributed by atoms with Crippen molar-refractivity contribution in [2.24, 2.45) is 5.73 Å². The summed E-state index contributed by atoms with van der Waals surface area (Å²) in [5.74, 6) is -0.400. The number of aryl methyl sites for hydroxylation is 1. The van der Waals surface area contributed by atoms with Crippen LogP contribution in [0, 0.1) is 0 Å². The zero-order chi connectivity index (χ0) is 14.0. The molecule has 0 bridgehead atoms. The maximum absolute atomic E-state index is 11.8. The number of hydrogen-bond acceptors (Lipinski definition) is 6. The fourth-order valence-electron chi connectivity index (χ4n) is 1.74. The van der Waals surface area contributed by atoms with Crippen LogP contribution in [0.2, 0.25) is 0 Å². The summed E-state index contributed by atoms with van der Waals surface area (Å²) in [5, 5.41) is 0. The van der Waals surface area contributed by atoms with Gasteiger partial charge in [-0.25, -0.2) is 0 Å². The number of aromatic nitrogens is 3. The fourth-order valence-corrected chi connectivity index (χ4v) is 2.59. The summed E-state index contributed by atoms with van der Waals surface area (Å²) in [6, 6.07) is 0. The first-order valence-corrected chi connectivity index (χ1v) is 6.48. The van der Waals surface area contributed by atoms with E-state index in [9.17, 15) is 14.4 Å². The Labute approximate surface area is 111 Å². The molecular formula is C10H13N5O3S. The molecule has 0 saturated heterocycles. The Bertz CT molecular complexity index is 729. The molecule has 0 fully saturated rings. The Morgan fingerprint density at radius 1 is 1.37 bits per heavy atom. The molecule has 0 radical (unpaired) electrons. The molecule has 9 heteroatoms. The summed E-state index contributed by atoms with van der Waals surface area (Å²) in [5.41, 5.74) is 10.4. The molecule has 0 saturated carbocycles. The van der Waals surface area contributed by atoms with Gasteiger partial charge in [-0.3, -0.25) is 23.9 Å². The van der Waals surface area contributed by atoms with E-state index in [1.165, 1.54) is 4.57 Å². The van der Waals surface area contributed by atoms with Crippen molar-refractivity contribution in [1.29, 1.82) is 0 Å². The second-order valence-electron chi connectivity index (χ2n) is 4.05. The highest BCUT2D eigenvalue weighted by Crippen LogP contribution is 2.12. The SMILES string of the molecule is NC(=O)CCCCn1c(=O)sc2c(=O)[nH]c(N)nc21. The number of nitrogen functional groups attached to an aromatic ring is 1. The number of nitrogens with two attached hydrogens (primary N) is 2. The summed E-state index contributed by atoms with van der Waals surface area (Å²) >= 11 is 0.832. The highest BCUT2D eigenvalue weighted by molar-refractivity contribution is 7.16.